The second-order valence-electron chi connectivity index (χ2n) is 4.29. The van der Waals surface area contributed by atoms with Crippen molar-refractivity contribution in [2.45, 2.75) is 33.2 Å². The summed E-state index contributed by atoms with van der Waals surface area (Å²) in [5.41, 5.74) is 1.27. The smallest absolute Gasteiger partial charge is 0.119 e. The lowest BCUT2D eigenvalue weighted by Crippen LogP contribution is -2.23. The fraction of sp³-hybridized carbons (Fsp3) is 0.600. The molecule has 0 aliphatic rings. The van der Waals surface area contributed by atoms with E-state index in [2.05, 4.69) is 31.3 Å². The third kappa shape index (κ3) is 5.52. The van der Waals surface area contributed by atoms with E-state index in [-0.39, 0.29) is 0 Å². The van der Waals surface area contributed by atoms with Gasteiger partial charge in [-0.3, -0.25) is 0 Å². The Kier molecular flexibility index (Phi) is 7.46. The van der Waals surface area contributed by atoms with Gasteiger partial charge in [-0.05, 0) is 38.0 Å². The van der Waals surface area contributed by atoms with Gasteiger partial charge in [-0.1, -0.05) is 19.1 Å². The topological polar surface area (TPSA) is 30.5 Å². The molecule has 1 unspecified atom stereocenters. The highest BCUT2D eigenvalue weighted by Crippen LogP contribution is 2.17. The third-order valence-electron chi connectivity index (χ3n) is 2.75. The molecule has 0 heterocycles. The van der Waals surface area contributed by atoms with Gasteiger partial charge in [0.15, 0.2) is 0 Å². The molecule has 3 nitrogen and oxygen atoms in total. The summed E-state index contributed by atoms with van der Waals surface area (Å²) in [4.78, 5) is 0. The standard InChI is InChI=1S/C15H25NO2/c1-4-11-18-15-8-6-14(7-9-15)13(3)16-10-12-17-5-2/h6-9,13,16H,4-5,10-12H2,1-3H3. The molecule has 0 fully saturated rings. The van der Waals surface area contributed by atoms with Gasteiger partial charge >= 0.3 is 0 Å². The Morgan fingerprint density at radius 1 is 1.11 bits per heavy atom. The van der Waals surface area contributed by atoms with Crippen LogP contribution in [0.5, 0.6) is 5.75 Å². The van der Waals surface area contributed by atoms with Crippen molar-refractivity contribution >= 4 is 0 Å². The van der Waals surface area contributed by atoms with Crippen LogP contribution < -0.4 is 10.1 Å². The predicted molar refractivity (Wildman–Crippen MR) is 75.1 cm³/mol. The fourth-order valence-electron chi connectivity index (χ4n) is 1.68. The zero-order valence-electron chi connectivity index (χ0n) is 11.7. The highest BCUT2D eigenvalue weighted by Gasteiger charge is 2.04. The van der Waals surface area contributed by atoms with Crippen LogP contribution in [-0.2, 0) is 4.74 Å². The number of benzene rings is 1. The summed E-state index contributed by atoms with van der Waals surface area (Å²) in [7, 11) is 0. The molecule has 0 saturated carbocycles. The van der Waals surface area contributed by atoms with Gasteiger partial charge in [0.2, 0.25) is 0 Å². The van der Waals surface area contributed by atoms with Crippen molar-refractivity contribution < 1.29 is 9.47 Å². The highest BCUT2D eigenvalue weighted by atomic mass is 16.5. The average Bonchev–Trinajstić information content (AvgIpc) is 2.41. The molecule has 0 radical (unpaired) electrons. The lowest BCUT2D eigenvalue weighted by atomic mass is 10.1. The van der Waals surface area contributed by atoms with Gasteiger partial charge in [-0.2, -0.15) is 0 Å². The van der Waals surface area contributed by atoms with E-state index in [1.807, 2.05) is 19.1 Å². The van der Waals surface area contributed by atoms with E-state index in [0.29, 0.717) is 6.04 Å². The van der Waals surface area contributed by atoms with Crippen LogP contribution in [0.3, 0.4) is 0 Å². The molecule has 1 N–H and O–H groups in total. The maximum Gasteiger partial charge on any atom is 0.119 e. The van der Waals surface area contributed by atoms with Crippen molar-refractivity contribution in [1.29, 1.82) is 0 Å². The van der Waals surface area contributed by atoms with Gasteiger partial charge in [0.25, 0.3) is 0 Å². The predicted octanol–water partition coefficient (Wildman–Crippen LogP) is 3.16. The zero-order chi connectivity index (χ0) is 13.2. The maximum atomic E-state index is 5.56. The van der Waals surface area contributed by atoms with Crippen LogP contribution in [0, 0.1) is 0 Å². The Morgan fingerprint density at radius 2 is 1.83 bits per heavy atom. The van der Waals surface area contributed by atoms with Crippen molar-refractivity contribution in [1.82, 2.24) is 5.32 Å². The van der Waals surface area contributed by atoms with Crippen LogP contribution in [0.25, 0.3) is 0 Å². The van der Waals surface area contributed by atoms with E-state index >= 15 is 0 Å². The summed E-state index contributed by atoms with van der Waals surface area (Å²) >= 11 is 0. The molecular formula is C15H25NO2. The molecule has 1 aromatic rings. The Labute approximate surface area is 110 Å². The molecule has 0 spiro atoms. The first kappa shape index (κ1) is 15.0. The molecule has 3 heteroatoms. The van der Waals surface area contributed by atoms with Crippen molar-refractivity contribution in [2.24, 2.45) is 0 Å². The van der Waals surface area contributed by atoms with Gasteiger partial charge < -0.3 is 14.8 Å². The molecule has 18 heavy (non-hydrogen) atoms. The van der Waals surface area contributed by atoms with Gasteiger partial charge in [-0.15, -0.1) is 0 Å². The summed E-state index contributed by atoms with van der Waals surface area (Å²) in [6.45, 7) is 9.48. The van der Waals surface area contributed by atoms with E-state index in [4.69, 9.17) is 9.47 Å². The molecule has 102 valence electrons. The maximum absolute atomic E-state index is 5.56. The van der Waals surface area contributed by atoms with Gasteiger partial charge in [0.05, 0.1) is 13.2 Å². The van der Waals surface area contributed by atoms with E-state index in [1.54, 1.807) is 0 Å². The summed E-state index contributed by atoms with van der Waals surface area (Å²) in [5, 5.41) is 3.43. The minimum absolute atomic E-state index is 0.339. The number of rotatable bonds is 9. The van der Waals surface area contributed by atoms with Crippen LogP contribution in [0.4, 0.5) is 0 Å². The fourth-order valence-corrected chi connectivity index (χ4v) is 1.68. The SMILES string of the molecule is CCCOc1ccc(C(C)NCCOCC)cc1. The number of hydrogen-bond acceptors (Lipinski definition) is 3. The summed E-state index contributed by atoms with van der Waals surface area (Å²) in [5.74, 6) is 0.946. The number of nitrogens with one attached hydrogen (secondary N) is 1. The van der Waals surface area contributed by atoms with Crippen LogP contribution in [0.2, 0.25) is 0 Å². The lowest BCUT2D eigenvalue weighted by molar-refractivity contribution is 0.147. The first-order valence-corrected chi connectivity index (χ1v) is 6.81. The molecule has 0 aliphatic heterocycles. The second kappa shape index (κ2) is 8.95. The lowest BCUT2D eigenvalue weighted by Gasteiger charge is -2.14. The Morgan fingerprint density at radius 3 is 2.44 bits per heavy atom. The Balaban J connectivity index is 2.36. The molecular weight excluding hydrogens is 226 g/mol. The Bertz CT molecular complexity index is 311. The highest BCUT2D eigenvalue weighted by molar-refractivity contribution is 5.28. The molecule has 0 saturated heterocycles. The minimum Gasteiger partial charge on any atom is -0.494 e. The molecule has 1 rings (SSSR count). The van der Waals surface area contributed by atoms with Gasteiger partial charge in [-0.25, -0.2) is 0 Å². The summed E-state index contributed by atoms with van der Waals surface area (Å²) in [6.07, 6.45) is 1.04. The molecule has 0 aromatic heterocycles. The van der Waals surface area contributed by atoms with E-state index < -0.39 is 0 Å². The zero-order valence-corrected chi connectivity index (χ0v) is 11.7. The van der Waals surface area contributed by atoms with Crippen LogP contribution >= 0.6 is 0 Å². The average molecular weight is 251 g/mol. The first-order chi connectivity index (χ1) is 8.77. The van der Waals surface area contributed by atoms with Crippen molar-refractivity contribution in [3.8, 4) is 5.75 Å². The van der Waals surface area contributed by atoms with E-state index in [0.717, 1.165) is 38.5 Å². The molecule has 0 amide bonds. The van der Waals surface area contributed by atoms with Gasteiger partial charge in [0, 0.05) is 19.2 Å². The quantitative estimate of drug-likeness (QED) is 0.684. The summed E-state index contributed by atoms with van der Waals surface area (Å²) < 4.78 is 10.9. The molecule has 1 aromatic carbocycles. The first-order valence-electron chi connectivity index (χ1n) is 6.81. The van der Waals surface area contributed by atoms with E-state index in [9.17, 15) is 0 Å². The van der Waals surface area contributed by atoms with Crippen LogP contribution in [-0.4, -0.2) is 26.4 Å². The van der Waals surface area contributed by atoms with Crippen LogP contribution in [0.15, 0.2) is 24.3 Å². The molecule has 0 aliphatic carbocycles. The van der Waals surface area contributed by atoms with Crippen molar-refractivity contribution in [3.05, 3.63) is 29.8 Å². The van der Waals surface area contributed by atoms with Crippen LogP contribution in [0.1, 0.15) is 38.8 Å². The summed E-state index contributed by atoms with van der Waals surface area (Å²) in [6, 6.07) is 8.63. The monoisotopic (exact) mass is 251 g/mol. The van der Waals surface area contributed by atoms with Crippen molar-refractivity contribution in [3.63, 3.8) is 0 Å². The minimum atomic E-state index is 0.339. The van der Waals surface area contributed by atoms with Crippen molar-refractivity contribution in [2.75, 3.05) is 26.4 Å². The van der Waals surface area contributed by atoms with Gasteiger partial charge in [0.1, 0.15) is 5.75 Å². The molecule has 0 bridgehead atoms. The third-order valence-corrected chi connectivity index (χ3v) is 2.75. The largest absolute Gasteiger partial charge is 0.494 e. The molecule has 1 atom stereocenters. The Hall–Kier alpha value is -1.06. The second-order valence-corrected chi connectivity index (χ2v) is 4.29. The number of ether oxygens (including phenoxy) is 2. The normalized spacial score (nSPS) is 12.4. The van der Waals surface area contributed by atoms with E-state index in [1.165, 1.54) is 5.56 Å². The number of hydrogen-bond donors (Lipinski definition) is 1.